The maximum atomic E-state index is 14.1. The fourth-order valence-corrected chi connectivity index (χ4v) is 5.85. The van der Waals surface area contributed by atoms with Gasteiger partial charge in [-0.25, -0.2) is 0 Å². The monoisotopic (exact) mass is 682 g/mol. The third-order valence-electron chi connectivity index (χ3n) is 8.47. The second-order valence-electron chi connectivity index (χ2n) is 11.3. The van der Waals surface area contributed by atoms with E-state index in [1.54, 1.807) is 0 Å². The number of methoxy groups -OCH3 is 4. The van der Waals surface area contributed by atoms with Crippen LogP contribution in [0.2, 0.25) is 0 Å². The normalized spacial score (nSPS) is 30.6. The summed E-state index contributed by atoms with van der Waals surface area (Å²) in [4.78, 5) is 14.1. The van der Waals surface area contributed by atoms with Crippen molar-refractivity contribution in [2.75, 3.05) is 35.0 Å². The van der Waals surface area contributed by atoms with Crippen molar-refractivity contribution in [3.63, 3.8) is 0 Å². The lowest BCUT2D eigenvalue weighted by atomic mass is 9.89. The molecule has 48 heavy (non-hydrogen) atoms. The molecule has 0 aliphatic carbocycles. The van der Waals surface area contributed by atoms with E-state index in [0.29, 0.717) is 0 Å². The van der Waals surface area contributed by atoms with Gasteiger partial charge in [0.2, 0.25) is 17.8 Å². The van der Waals surface area contributed by atoms with Crippen LogP contribution < -0.4 is 29.1 Å². The van der Waals surface area contributed by atoms with E-state index in [2.05, 4.69) is 0 Å². The van der Waals surface area contributed by atoms with Crippen LogP contribution in [0.4, 0.5) is 0 Å². The van der Waals surface area contributed by atoms with Crippen molar-refractivity contribution in [1.82, 2.24) is 0 Å². The molecule has 2 aliphatic heterocycles. The zero-order valence-electron chi connectivity index (χ0n) is 26.5. The van der Waals surface area contributed by atoms with Gasteiger partial charge >= 0.3 is 0 Å². The number of hydrogen-bond acceptors (Lipinski definition) is 17. The minimum Gasteiger partial charge on any atom is -0.504 e. The second-order valence-corrected chi connectivity index (χ2v) is 11.3. The standard InChI is InChI=1S/C31H38O17/c1-10-19(34)22(37)25(40)31(45-10)48-27-17-12(33)8-13(11-6-14(41-2)26(43-4)15(7-11)42-3)46-29(17)30(44-5)21(36)18(27)28-24(39)23(38)20(35)16(9-32)47-28/h6-8,10,16,19-20,22-25,28,31-32,34-40H,9H2,1-5H3/t10-,16+,19-,20+,22-,23-,24+,25-,28-,31-/m0/s1. The van der Waals surface area contributed by atoms with E-state index < -0.39 is 107 Å². The van der Waals surface area contributed by atoms with E-state index in [1.165, 1.54) is 40.4 Å². The van der Waals surface area contributed by atoms with Crippen molar-refractivity contribution in [3.8, 4) is 45.8 Å². The first kappa shape index (κ1) is 35.4. The molecular weight excluding hydrogens is 644 g/mol. The molecule has 10 atom stereocenters. The van der Waals surface area contributed by atoms with Crippen LogP contribution in [-0.4, -0.2) is 131 Å². The highest BCUT2D eigenvalue weighted by Gasteiger charge is 2.49. The van der Waals surface area contributed by atoms with Crippen LogP contribution in [0.3, 0.4) is 0 Å². The van der Waals surface area contributed by atoms with E-state index in [4.69, 9.17) is 37.6 Å². The quantitative estimate of drug-likeness (QED) is 0.134. The molecule has 17 nitrogen and oxygen atoms in total. The number of aliphatic hydroxyl groups excluding tert-OH is 7. The van der Waals surface area contributed by atoms with E-state index in [-0.39, 0.29) is 28.6 Å². The Morgan fingerprint density at radius 2 is 1.33 bits per heavy atom. The molecule has 3 aromatic rings. The predicted octanol–water partition coefficient (Wildman–Crippen LogP) is -1.08. The smallest absolute Gasteiger partial charge is 0.229 e. The Morgan fingerprint density at radius 3 is 1.90 bits per heavy atom. The van der Waals surface area contributed by atoms with E-state index in [9.17, 15) is 45.6 Å². The highest BCUT2D eigenvalue weighted by atomic mass is 16.7. The van der Waals surface area contributed by atoms with Crippen LogP contribution in [0.1, 0.15) is 18.6 Å². The Bertz CT molecular complexity index is 1660. The van der Waals surface area contributed by atoms with Crippen molar-refractivity contribution in [1.29, 1.82) is 0 Å². The Balaban J connectivity index is 1.80. The van der Waals surface area contributed by atoms with Crippen LogP contribution in [-0.2, 0) is 9.47 Å². The summed E-state index contributed by atoms with van der Waals surface area (Å²) in [6, 6.07) is 4.05. The molecule has 1 aromatic heterocycles. The van der Waals surface area contributed by atoms with Gasteiger partial charge in [-0.15, -0.1) is 0 Å². The van der Waals surface area contributed by atoms with Gasteiger partial charge in [-0.05, 0) is 19.1 Å². The molecule has 0 spiro atoms. The topological polar surface area (TPSA) is 257 Å². The molecule has 2 fully saturated rings. The van der Waals surface area contributed by atoms with Gasteiger partial charge in [0.25, 0.3) is 0 Å². The van der Waals surface area contributed by atoms with Crippen molar-refractivity contribution >= 4 is 11.0 Å². The first-order valence-electron chi connectivity index (χ1n) is 14.7. The summed E-state index contributed by atoms with van der Waals surface area (Å²) in [6.07, 6.45) is -17.0. The van der Waals surface area contributed by atoms with Crippen LogP contribution in [0, 0.1) is 0 Å². The van der Waals surface area contributed by atoms with Gasteiger partial charge < -0.3 is 78.4 Å². The summed E-state index contributed by atoms with van der Waals surface area (Å²) >= 11 is 0. The number of aromatic hydroxyl groups is 1. The fraction of sp³-hybridized carbons (Fsp3) is 0.516. The lowest BCUT2D eigenvalue weighted by Gasteiger charge is -2.42. The van der Waals surface area contributed by atoms with Gasteiger partial charge in [-0.2, -0.15) is 0 Å². The van der Waals surface area contributed by atoms with Gasteiger partial charge in [0.15, 0.2) is 28.3 Å². The molecule has 264 valence electrons. The Hall–Kier alpha value is -3.91. The maximum absolute atomic E-state index is 14.1. The minimum absolute atomic E-state index is 0.0721. The van der Waals surface area contributed by atoms with E-state index >= 15 is 0 Å². The third-order valence-corrected chi connectivity index (χ3v) is 8.47. The summed E-state index contributed by atoms with van der Waals surface area (Å²) in [7, 11) is 5.33. The Labute approximate surface area is 272 Å². The molecule has 0 bridgehead atoms. The molecule has 0 saturated carbocycles. The number of rotatable bonds is 9. The SMILES string of the molecule is COc1cc(-c2cc(=O)c3c(O[C@@H]4O[C@@H](C)[C@H](O)[C@H](O)[C@@H]4O)c([C@@H]4O[C@H](CO)[C@@H](O)[C@H](O)[C@H]4O)c(O)c(OC)c3o2)cc(OC)c1OC. The Morgan fingerprint density at radius 1 is 0.729 bits per heavy atom. The van der Waals surface area contributed by atoms with Gasteiger partial charge in [0.05, 0.1) is 46.7 Å². The highest BCUT2D eigenvalue weighted by molar-refractivity contribution is 5.94. The average Bonchev–Trinajstić information content (AvgIpc) is 3.08. The molecule has 3 heterocycles. The van der Waals surface area contributed by atoms with E-state index in [1.807, 2.05) is 0 Å². The van der Waals surface area contributed by atoms with Crippen molar-refractivity contribution in [2.24, 2.45) is 0 Å². The first-order valence-corrected chi connectivity index (χ1v) is 14.7. The summed E-state index contributed by atoms with van der Waals surface area (Å²) < 4.78 is 45.0. The molecule has 0 unspecified atom stereocenters. The Kier molecular flexibility index (Phi) is 10.3. The van der Waals surface area contributed by atoms with Crippen LogP contribution >= 0.6 is 0 Å². The third kappa shape index (κ3) is 5.86. The van der Waals surface area contributed by atoms with Gasteiger partial charge in [-0.1, -0.05) is 0 Å². The molecule has 17 heteroatoms. The number of ether oxygens (including phenoxy) is 7. The van der Waals surface area contributed by atoms with Crippen molar-refractivity contribution in [3.05, 3.63) is 34.0 Å². The van der Waals surface area contributed by atoms with Crippen molar-refractivity contribution in [2.45, 2.75) is 68.1 Å². The van der Waals surface area contributed by atoms with Crippen LogP contribution in [0.5, 0.6) is 34.5 Å². The average molecular weight is 683 g/mol. The van der Waals surface area contributed by atoms with Gasteiger partial charge in [0.1, 0.15) is 65.7 Å². The van der Waals surface area contributed by atoms with Gasteiger partial charge in [-0.3, -0.25) is 4.79 Å². The largest absolute Gasteiger partial charge is 0.504 e. The van der Waals surface area contributed by atoms with Crippen LogP contribution in [0.15, 0.2) is 27.4 Å². The number of aliphatic hydroxyl groups is 7. The number of benzene rings is 2. The summed E-state index contributed by atoms with van der Waals surface area (Å²) in [5.74, 6) is -1.24. The molecular formula is C31H38O17. The summed E-state index contributed by atoms with van der Waals surface area (Å²) in [5, 5.41) is 84.5. The summed E-state index contributed by atoms with van der Waals surface area (Å²) in [5.41, 5.74) is -1.47. The highest BCUT2D eigenvalue weighted by Crippen LogP contribution is 2.52. The zero-order valence-corrected chi connectivity index (χ0v) is 26.5. The van der Waals surface area contributed by atoms with E-state index in [0.717, 1.165) is 13.2 Å². The number of phenols is 1. The first-order chi connectivity index (χ1) is 22.8. The molecule has 2 aromatic carbocycles. The van der Waals surface area contributed by atoms with Gasteiger partial charge in [0, 0.05) is 11.6 Å². The molecule has 5 rings (SSSR count). The summed E-state index contributed by atoms with van der Waals surface area (Å²) in [6.45, 7) is 0.561. The van der Waals surface area contributed by atoms with Crippen molar-refractivity contribution < 1.29 is 78.4 Å². The molecule has 2 aliphatic rings. The molecule has 0 radical (unpaired) electrons. The molecule has 0 amide bonds. The van der Waals surface area contributed by atoms with Crippen LogP contribution in [0.25, 0.3) is 22.3 Å². The fourth-order valence-electron chi connectivity index (χ4n) is 5.85. The second kappa shape index (κ2) is 13.9. The molecule has 2 saturated heterocycles. The molecule has 8 N–H and O–H groups in total. The lowest BCUT2D eigenvalue weighted by molar-refractivity contribution is -0.268. The number of hydrogen-bond donors (Lipinski definition) is 8. The predicted molar refractivity (Wildman–Crippen MR) is 161 cm³/mol. The zero-order chi connectivity index (χ0) is 35.2. The minimum atomic E-state index is -1.98. The number of phenolic OH excluding ortho intramolecular Hbond substituents is 1. The maximum Gasteiger partial charge on any atom is 0.229 e. The number of fused-ring (bicyclic) bond motifs is 1. The lowest BCUT2D eigenvalue weighted by Crippen LogP contribution is -2.58.